The van der Waals surface area contributed by atoms with Crippen LogP contribution in [0.3, 0.4) is 0 Å². The van der Waals surface area contributed by atoms with Gasteiger partial charge in [0.15, 0.2) is 0 Å². The Kier molecular flexibility index (Phi) is 8.74. The minimum absolute atomic E-state index is 0.0619. The van der Waals surface area contributed by atoms with Gasteiger partial charge >= 0.3 is 0 Å². The van der Waals surface area contributed by atoms with E-state index in [0.717, 1.165) is 0 Å². The maximum atomic E-state index is 11.9. The van der Waals surface area contributed by atoms with Gasteiger partial charge in [0.05, 0.1) is 5.25 Å². The molecule has 0 spiro atoms. The van der Waals surface area contributed by atoms with Crippen LogP contribution in [-0.4, -0.2) is 38.1 Å². The van der Waals surface area contributed by atoms with E-state index in [1.54, 1.807) is 38.1 Å². The zero-order chi connectivity index (χ0) is 19.7. The quantitative estimate of drug-likeness (QED) is 0.539. The molecule has 0 fully saturated rings. The number of nitrogens with one attached hydrogen (secondary N) is 3. The van der Waals surface area contributed by atoms with Crippen molar-refractivity contribution in [2.45, 2.75) is 58.2 Å². The number of rotatable bonds is 10. The van der Waals surface area contributed by atoms with Gasteiger partial charge in [-0.25, -0.2) is 13.1 Å². The highest BCUT2D eigenvalue weighted by molar-refractivity contribution is 7.90. The zero-order valence-corrected chi connectivity index (χ0v) is 16.7. The number of carbonyl (C=O) groups is 2. The van der Waals surface area contributed by atoms with Crippen LogP contribution in [0.5, 0.6) is 0 Å². The SMILES string of the molecule is CC(C)NC(=O)c1ccc(NC(=O)CCCCNS(=O)(=O)C(C)C)cc1. The fourth-order valence-corrected chi connectivity index (χ4v) is 2.83. The summed E-state index contributed by atoms with van der Waals surface area (Å²) in [4.78, 5) is 23.8. The molecular formula is C18H29N3O4S. The maximum Gasteiger partial charge on any atom is 0.251 e. The predicted octanol–water partition coefficient (Wildman–Crippen LogP) is 2.26. The summed E-state index contributed by atoms with van der Waals surface area (Å²) in [7, 11) is -3.25. The Labute approximate surface area is 156 Å². The summed E-state index contributed by atoms with van der Waals surface area (Å²) in [6.45, 7) is 7.34. The van der Waals surface area contributed by atoms with Crippen molar-refractivity contribution in [3.8, 4) is 0 Å². The third-order valence-corrected chi connectivity index (χ3v) is 5.45. The van der Waals surface area contributed by atoms with Crippen molar-refractivity contribution in [1.29, 1.82) is 0 Å². The molecule has 0 aliphatic heterocycles. The smallest absolute Gasteiger partial charge is 0.251 e. The van der Waals surface area contributed by atoms with E-state index in [1.807, 2.05) is 13.8 Å². The Morgan fingerprint density at radius 1 is 1.00 bits per heavy atom. The molecule has 146 valence electrons. The molecule has 0 aliphatic carbocycles. The van der Waals surface area contributed by atoms with E-state index in [-0.39, 0.29) is 17.9 Å². The lowest BCUT2D eigenvalue weighted by Crippen LogP contribution is -2.31. The van der Waals surface area contributed by atoms with Crippen LogP contribution in [0.15, 0.2) is 24.3 Å². The van der Waals surface area contributed by atoms with Crippen molar-refractivity contribution in [2.24, 2.45) is 0 Å². The van der Waals surface area contributed by atoms with Gasteiger partial charge in [0, 0.05) is 30.3 Å². The molecule has 0 saturated heterocycles. The molecule has 0 aliphatic rings. The Morgan fingerprint density at radius 2 is 1.62 bits per heavy atom. The second kappa shape index (κ2) is 10.3. The Hall–Kier alpha value is -1.93. The molecule has 8 heteroatoms. The van der Waals surface area contributed by atoms with Crippen LogP contribution in [0.4, 0.5) is 5.69 Å². The van der Waals surface area contributed by atoms with Crippen molar-refractivity contribution in [3.63, 3.8) is 0 Å². The average molecular weight is 384 g/mol. The van der Waals surface area contributed by atoms with E-state index in [9.17, 15) is 18.0 Å². The normalized spacial score (nSPS) is 11.6. The Bertz CT molecular complexity index is 698. The molecule has 0 aromatic heterocycles. The number of unbranched alkanes of at least 4 members (excludes halogenated alkanes) is 1. The molecule has 3 N–H and O–H groups in total. The first-order valence-corrected chi connectivity index (χ1v) is 10.4. The third-order valence-electron chi connectivity index (χ3n) is 3.61. The van der Waals surface area contributed by atoms with Gasteiger partial charge < -0.3 is 10.6 Å². The van der Waals surface area contributed by atoms with Crippen LogP contribution in [-0.2, 0) is 14.8 Å². The topological polar surface area (TPSA) is 104 Å². The summed E-state index contributed by atoms with van der Waals surface area (Å²) < 4.78 is 25.7. The van der Waals surface area contributed by atoms with Crippen LogP contribution < -0.4 is 15.4 Å². The van der Waals surface area contributed by atoms with Crippen molar-refractivity contribution >= 4 is 27.5 Å². The lowest BCUT2D eigenvalue weighted by molar-refractivity contribution is -0.116. The van der Waals surface area contributed by atoms with E-state index in [2.05, 4.69) is 15.4 Å². The summed E-state index contributed by atoms with van der Waals surface area (Å²) in [6, 6.07) is 6.75. The fourth-order valence-electron chi connectivity index (χ4n) is 2.07. The monoisotopic (exact) mass is 383 g/mol. The minimum atomic E-state index is -3.25. The van der Waals surface area contributed by atoms with Crippen LogP contribution in [0, 0.1) is 0 Å². The van der Waals surface area contributed by atoms with Crippen molar-refractivity contribution in [2.75, 3.05) is 11.9 Å². The highest BCUT2D eigenvalue weighted by Crippen LogP contribution is 2.11. The second-order valence-electron chi connectivity index (χ2n) is 6.70. The van der Waals surface area contributed by atoms with Crippen molar-refractivity contribution in [1.82, 2.24) is 10.0 Å². The summed E-state index contributed by atoms with van der Waals surface area (Å²) in [5.41, 5.74) is 1.16. The van der Waals surface area contributed by atoms with E-state index in [0.29, 0.717) is 37.1 Å². The summed E-state index contributed by atoms with van der Waals surface area (Å²) in [5.74, 6) is -0.294. The molecule has 0 saturated carbocycles. The van der Waals surface area contributed by atoms with Gasteiger partial charge in [-0.1, -0.05) is 0 Å². The average Bonchev–Trinajstić information content (AvgIpc) is 2.54. The molecule has 1 rings (SSSR count). The first-order chi connectivity index (χ1) is 12.1. The van der Waals surface area contributed by atoms with E-state index in [4.69, 9.17) is 0 Å². The van der Waals surface area contributed by atoms with Crippen LogP contribution in [0.1, 0.15) is 57.3 Å². The molecule has 0 radical (unpaired) electrons. The highest BCUT2D eigenvalue weighted by atomic mass is 32.2. The van der Waals surface area contributed by atoms with Crippen LogP contribution in [0.2, 0.25) is 0 Å². The highest BCUT2D eigenvalue weighted by Gasteiger charge is 2.14. The standard InChI is InChI=1S/C18H29N3O4S/c1-13(2)20-18(23)15-8-10-16(11-9-15)21-17(22)7-5-6-12-19-26(24,25)14(3)4/h8-11,13-14,19H,5-7,12H2,1-4H3,(H,20,23)(H,21,22). The predicted molar refractivity (Wildman–Crippen MR) is 104 cm³/mol. The molecular weight excluding hydrogens is 354 g/mol. The molecule has 0 unspecified atom stereocenters. The summed E-state index contributed by atoms with van der Waals surface area (Å²) >= 11 is 0. The van der Waals surface area contributed by atoms with Crippen molar-refractivity contribution in [3.05, 3.63) is 29.8 Å². The Morgan fingerprint density at radius 3 is 2.15 bits per heavy atom. The molecule has 0 bridgehead atoms. The van der Waals surface area contributed by atoms with Gasteiger partial charge in [0.1, 0.15) is 0 Å². The number of sulfonamides is 1. The molecule has 1 aromatic rings. The fraction of sp³-hybridized carbons (Fsp3) is 0.556. The van der Waals surface area contributed by atoms with E-state index >= 15 is 0 Å². The number of benzene rings is 1. The third kappa shape index (κ3) is 7.97. The molecule has 0 heterocycles. The first-order valence-electron chi connectivity index (χ1n) is 8.81. The second-order valence-corrected chi connectivity index (χ2v) is 9.02. The molecule has 1 aromatic carbocycles. The van der Waals surface area contributed by atoms with Gasteiger partial charge in [-0.15, -0.1) is 0 Å². The number of hydrogen-bond acceptors (Lipinski definition) is 4. The molecule has 26 heavy (non-hydrogen) atoms. The lowest BCUT2D eigenvalue weighted by Gasteiger charge is -2.10. The van der Waals surface area contributed by atoms with Crippen LogP contribution in [0.25, 0.3) is 0 Å². The molecule has 0 atom stereocenters. The lowest BCUT2D eigenvalue weighted by atomic mass is 10.1. The van der Waals surface area contributed by atoms with Gasteiger partial charge in [-0.2, -0.15) is 0 Å². The zero-order valence-electron chi connectivity index (χ0n) is 15.8. The van der Waals surface area contributed by atoms with Crippen molar-refractivity contribution < 1.29 is 18.0 Å². The molecule has 2 amide bonds. The number of amides is 2. The maximum absolute atomic E-state index is 11.9. The number of hydrogen-bond donors (Lipinski definition) is 3. The number of anilines is 1. The van der Waals surface area contributed by atoms with Gasteiger partial charge in [-0.05, 0) is 64.8 Å². The van der Waals surface area contributed by atoms with Crippen LogP contribution >= 0.6 is 0 Å². The number of carbonyl (C=O) groups excluding carboxylic acids is 2. The van der Waals surface area contributed by atoms with E-state index in [1.165, 1.54) is 0 Å². The van der Waals surface area contributed by atoms with E-state index < -0.39 is 15.3 Å². The molecule has 7 nitrogen and oxygen atoms in total. The summed E-state index contributed by atoms with van der Waals surface area (Å²) in [6.07, 6.45) is 1.48. The Balaban J connectivity index is 2.34. The van der Waals surface area contributed by atoms with Gasteiger partial charge in [0.25, 0.3) is 5.91 Å². The largest absolute Gasteiger partial charge is 0.350 e. The first kappa shape index (κ1) is 22.1. The summed E-state index contributed by atoms with van der Waals surface area (Å²) in [5, 5.41) is 5.10. The van der Waals surface area contributed by atoms with Gasteiger partial charge in [0.2, 0.25) is 15.9 Å². The minimum Gasteiger partial charge on any atom is -0.350 e. The van der Waals surface area contributed by atoms with Gasteiger partial charge in [-0.3, -0.25) is 9.59 Å².